The van der Waals surface area contributed by atoms with E-state index in [4.69, 9.17) is 5.73 Å². The largest absolute Gasteiger partial charge is 0.368 e. The summed E-state index contributed by atoms with van der Waals surface area (Å²) in [5.74, 6) is 2.07. The number of nitrogens with one attached hydrogen (secondary N) is 1. The molecule has 1 aromatic rings. The zero-order valence-electron chi connectivity index (χ0n) is 12.5. The van der Waals surface area contributed by atoms with Gasteiger partial charge < -0.3 is 16.0 Å². The number of hydrogen-bond donors (Lipinski definition) is 2. The zero-order chi connectivity index (χ0) is 14.1. The lowest BCUT2D eigenvalue weighted by molar-refractivity contribution is 0.616. The average molecular weight is 275 g/mol. The lowest BCUT2D eigenvalue weighted by atomic mass is 9.99. The Morgan fingerprint density at radius 2 is 1.95 bits per heavy atom. The van der Waals surface area contributed by atoms with Crippen LogP contribution in [0.3, 0.4) is 0 Å². The molecule has 1 aliphatic heterocycles. The van der Waals surface area contributed by atoms with E-state index in [-0.39, 0.29) is 0 Å². The smallest absolute Gasteiger partial charge is 0.222 e. The molecule has 5 nitrogen and oxygen atoms in total. The van der Waals surface area contributed by atoms with Crippen LogP contribution in [0.2, 0.25) is 0 Å². The summed E-state index contributed by atoms with van der Waals surface area (Å²) in [6.45, 7) is 4.22. The van der Waals surface area contributed by atoms with Gasteiger partial charge in [-0.3, -0.25) is 0 Å². The number of nitrogens with two attached hydrogens (primary N) is 1. The molecular weight excluding hydrogens is 250 g/mol. The molecule has 0 spiro atoms. The van der Waals surface area contributed by atoms with Gasteiger partial charge in [-0.25, -0.2) is 4.98 Å². The number of aromatic nitrogens is 2. The number of hydrogen-bond acceptors (Lipinski definition) is 5. The minimum Gasteiger partial charge on any atom is -0.368 e. The topological polar surface area (TPSA) is 67.1 Å². The van der Waals surface area contributed by atoms with E-state index in [1.807, 2.05) is 7.05 Å². The summed E-state index contributed by atoms with van der Waals surface area (Å²) >= 11 is 0. The maximum Gasteiger partial charge on any atom is 0.222 e. The van der Waals surface area contributed by atoms with Crippen molar-refractivity contribution in [3.63, 3.8) is 0 Å². The van der Waals surface area contributed by atoms with Crippen LogP contribution in [0, 0.1) is 6.92 Å². The molecular formula is C15H25N5. The zero-order valence-corrected chi connectivity index (χ0v) is 12.5. The first kappa shape index (κ1) is 13.6. The van der Waals surface area contributed by atoms with E-state index in [0.717, 1.165) is 18.9 Å². The molecule has 5 heteroatoms. The average Bonchev–Trinajstić information content (AvgIpc) is 3.11. The molecule has 0 amide bonds. The van der Waals surface area contributed by atoms with E-state index >= 15 is 0 Å². The first-order valence-corrected chi connectivity index (χ1v) is 7.75. The van der Waals surface area contributed by atoms with Crippen LogP contribution in [0.25, 0.3) is 0 Å². The van der Waals surface area contributed by atoms with Crippen molar-refractivity contribution in [1.82, 2.24) is 15.3 Å². The van der Waals surface area contributed by atoms with Gasteiger partial charge in [0.15, 0.2) is 0 Å². The Morgan fingerprint density at radius 3 is 2.60 bits per heavy atom. The summed E-state index contributed by atoms with van der Waals surface area (Å²) in [5.41, 5.74) is 8.40. The van der Waals surface area contributed by atoms with E-state index in [0.29, 0.717) is 17.9 Å². The van der Waals surface area contributed by atoms with Gasteiger partial charge in [0.25, 0.3) is 0 Å². The Balaban J connectivity index is 1.90. The maximum absolute atomic E-state index is 5.97. The lowest BCUT2D eigenvalue weighted by Gasteiger charge is -2.23. The highest BCUT2D eigenvalue weighted by molar-refractivity contribution is 5.53. The van der Waals surface area contributed by atoms with Gasteiger partial charge in [0.1, 0.15) is 5.82 Å². The second-order valence-electron chi connectivity index (χ2n) is 6.12. The summed E-state index contributed by atoms with van der Waals surface area (Å²) in [6, 6.07) is 0.556. The third-order valence-corrected chi connectivity index (χ3v) is 4.81. The summed E-state index contributed by atoms with van der Waals surface area (Å²) in [4.78, 5) is 11.4. The monoisotopic (exact) mass is 275 g/mol. The van der Waals surface area contributed by atoms with Crippen molar-refractivity contribution in [2.45, 2.75) is 51.0 Å². The molecule has 0 unspecified atom stereocenters. The fraction of sp³-hybridized carbons (Fsp3) is 0.733. The van der Waals surface area contributed by atoms with Crippen LogP contribution in [-0.2, 0) is 0 Å². The van der Waals surface area contributed by atoms with Crippen LogP contribution in [0.5, 0.6) is 0 Å². The van der Waals surface area contributed by atoms with Crippen molar-refractivity contribution in [2.24, 2.45) is 0 Å². The van der Waals surface area contributed by atoms with Gasteiger partial charge in [0.05, 0.1) is 5.69 Å². The van der Waals surface area contributed by atoms with Gasteiger partial charge in [-0.1, -0.05) is 12.8 Å². The molecule has 0 aromatic carbocycles. The highest BCUT2D eigenvalue weighted by Crippen LogP contribution is 2.37. The van der Waals surface area contributed by atoms with Crippen LogP contribution in [0.4, 0.5) is 11.8 Å². The van der Waals surface area contributed by atoms with E-state index in [1.165, 1.54) is 43.4 Å². The molecule has 1 saturated heterocycles. The summed E-state index contributed by atoms with van der Waals surface area (Å²) in [6.07, 6.45) is 6.29. The molecule has 2 fully saturated rings. The minimum atomic E-state index is 0.431. The highest BCUT2D eigenvalue weighted by atomic mass is 15.2. The van der Waals surface area contributed by atoms with E-state index < -0.39 is 0 Å². The molecule has 1 aromatic heterocycles. The molecule has 20 heavy (non-hydrogen) atoms. The van der Waals surface area contributed by atoms with Gasteiger partial charge in [-0.2, -0.15) is 4.98 Å². The van der Waals surface area contributed by atoms with Crippen molar-refractivity contribution in [3.8, 4) is 0 Å². The van der Waals surface area contributed by atoms with E-state index in [1.54, 1.807) is 0 Å². The molecule has 110 valence electrons. The van der Waals surface area contributed by atoms with Crippen molar-refractivity contribution in [2.75, 3.05) is 30.8 Å². The Labute approximate surface area is 121 Å². The Kier molecular flexibility index (Phi) is 3.78. The van der Waals surface area contributed by atoms with Gasteiger partial charge >= 0.3 is 0 Å². The predicted octanol–water partition coefficient (Wildman–Crippen LogP) is 1.82. The fourth-order valence-electron chi connectivity index (χ4n) is 3.63. The number of rotatable bonds is 3. The third kappa shape index (κ3) is 2.46. The van der Waals surface area contributed by atoms with Gasteiger partial charge in [0.2, 0.25) is 5.95 Å². The summed E-state index contributed by atoms with van der Waals surface area (Å²) in [5, 5.41) is 3.35. The van der Waals surface area contributed by atoms with Crippen LogP contribution in [0.15, 0.2) is 0 Å². The van der Waals surface area contributed by atoms with E-state index in [9.17, 15) is 0 Å². The molecule has 0 radical (unpaired) electrons. The minimum absolute atomic E-state index is 0.431. The third-order valence-electron chi connectivity index (χ3n) is 4.81. The molecule has 1 saturated carbocycles. The van der Waals surface area contributed by atoms with Crippen molar-refractivity contribution in [1.29, 1.82) is 0 Å². The van der Waals surface area contributed by atoms with Crippen LogP contribution in [-0.4, -0.2) is 36.1 Å². The number of likely N-dealkylation sites (N-methyl/N-ethyl adjacent to an activating group) is 1. The summed E-state index contributed by atoms with van der Waals surface area (Å²) in [7, 11) is 2.03. The molecule has 2 heterocycles. The van der Waals surface area contributed by atoms with E-state index in [2.05, 4.69) is 27.1 Å². The van der Waals surface area contributed by atoms with Crippen LogP contribution < -0.4 is 16.0 Å². The van der Waals surface area contributed by atoms with Crippen LogP contribution >= 0.6 is 0 Å². The van der Waals surface area contributed by atoms with Crippen LogP contribution in [0.1, 0.15) is 49.3 Å². The van der Waals surface area contributed by atoms with Crippen molar-refractivity contribution < 1.29 is 0 Å². The second-order valence-corrected chi connectivity index (χ2v) is 6.12. The number of nitrogen functional groups attached to an aromatic ring is 1. The molecule has 1 aliphatic carbocycles. The van der Waals surface area contributed by atoms with Gasteiger partial charge in [0, 0.05) is 30.6 Å². The first-order valence-electron chi connectivity index (χ1n) is 7.75. The number of anilines is 2. The number of nitrogens with zero attached hydrogens (tertiary/aromatic N) is 3. The molecule has 1 atom stereocenters. The molecule has 0 bridgehead atoms. The maximum atomic E-state index is 5.97. The predicted molar refractivity (Wildman–Crippen MR) is 82.1 cm³/mol. The Bertz CT molecular complexity index is 481. The van der Waals surface area contributed by atoms with Crippen molar-refractivity contribution >= 4 is 11.8 Å². The Hall–Kier alpha value is -1.36. The second kappa shape index (κ2) is 5.56. The molecule has 2 aliphatic rings. The SMILES string of the molecule is CN[C@@H]1CCN(c2nc(N)nc(C3CCCC3)c2C)C1. The standard InChI is InChI=1S/C15H25N5/c1-10-13(11-5-3-4-6-11)18-15(16)19-14(10)20-8-7-12(9-20)17-2/h11-12,17H,3-9H2,1-2H3,(H2,16,18,19)/t12-/m1/s1. The quantitative estimate of drug-likeness (QED) is 0.881. The van der Waals surface area contributed by atoms with Gasteiger partial charge in [-0.15, -0.1) is 0 Å². The molecule has 3 rings (SSSR count). The normalized spacial score (nSPS) is 23.7. The van der Waals surface area contributed by atoms with Crippen molar-refractivity contribution in [3.05, 3.63) is 11.3 Å². The first-order chi connectivity index (χ1) is 9.69. The Morgan fingerprint density at radius 1 is 1.20 bits per heavy atom. The highest BCUT2D eigenvalue weighted by Gasteiger charge is 2.27. The fourth-order valence-corrected chi connectivity index (χ4v) is 3.63. The summed E-state index contributed by atoms with van der Waals surface area (Å²) < 4.78 is 0. The molecule has 3 N–H and O–H groups in total. The van der Waals surface area contributed by atoms with Gasteiger partial charge in [-0.05, 0) is 33.2 Å². The lowest BCUT2D eigenvalue weighted by Crippen LogP contribution is -2.30.